The quantitative estimate of drug-likeness (QED) is 0.262. The van der Waals surface area contributed by atoms with Crippen LogP contribution in [0.3, 0.4) is 0 Å². The van der Waals surface area contributed by atoms with Crippen LogP contribution in [0.5, 0.6) is 0 Å². The summed E-state index contributed by atoms with van der Waals surface area (Å²) in [6.45, 7) is 2.55. The Kier molecular flexibility index (Phi) is 6.53. The molecule has 0 saturated heterocycles. The van der Waals surface area contributed by atoms with Crippen LogP contribution >= 0.6 is 22.9 Å². The van der Waals surface area contributed by atoms with E-state index in [4.69, 9.17) is 22.3 Å². The van der Waals surface area contributed by atoms with Gasteiger partial charge in [-0.25, -0.2) is 4.98 Å². The summed E-state index contributed by atoms with van der Waals surface area (Å²) in [6.07, 6.45) is 0.683. The number of nitrogen functional groups attached to an aromatic ring is 1. The molecule has 1 amide bonds. The first-order valence-corrected chi connectivity index (χ1v) is 12.6. The molecule has 0 aliphatic carbocycles. The van der Waals surface area contributed by atoms with E-state index in [0.29, 0.717) is 28.6 Å². The van der Waals surface area contributed by atoms with Gasteiger partial charge < -0.3 is 11.1 Å². The predicted octanol–water partition coefficient (Wildman–Crippen LogP) is 7.15. The molecule has 0 aliphatic heterocycles. The smallest absolute Gasteiger partial charge is 0.263 e. The van der Waals surface area contributed by atoms with Gasteiger partial charge in [-0.15, -0.1) is 11.3 Å². The average Bonchev–Trinajstić information content (AvgIpc) is 3.21. The van der Waals surface area contributed by atoms with E-state index in [0.717, 1.165) is 38.2 Å². The average molecular weight is 498 g/mol. The number of pyridine rings is 1. The predicted molar refractivity (Wildman–Crippen MR) is 147 cm³/mol. The van der Waals surface area contributed by atoms with Crippen LogP contribution in [0.15, 0.2) is 84.9 Å². The van der Waals surface area contributed by atoms with Crippen LogP contribution in [0, 0.1) is 6.92 Å². The molecule has 0 spiro atoms. The highest BCUT2D eigenvalue weighted by molar-refractivity contribution is 7.21. The normalized spacial score (nSPS) is 11.0. The van der Waals surface area contributed by atoms with E-state index < -0.39 is 0 Å². The molecule has 174 valence electrons. The zero-order chi connectivity index (χ0) is 24.4. The molecule has 4 nitrogen and oxygen atoms in total. The number of amides is 1. The number of aryl methyl sites for hydroxylation is 1. The molecule has 2 heterocycles. The lowest BCUT2D eigenvalue weighted by atomic mass is 9.99. The number of nitrogens with one attached hydrogen (secondary N) is 1. The Labute approximate surface area is 213 Å². The Hall–Kier alpha value is -3.67. The first-order valence-electron chi connectivity index (χ1n) is 11.4. The van der Waals surface area contributed by atoms with Gasteiger partial charge in [0.25, 0.3) is 5.91 Å². The number of fused-ring (bicyclic) bond motifs is 1. The molecule has 5 aromatic rings. The van der Waals surface area contributed by atoms with Crippen molar-refractivity contribution in [1.29, 1.82) is 0 Å². The second kappa shape index (κ2) is 9.90. The minimum atomic E-state index is -0.191. The monoisotopic (exact) mass is 497 g/mol. The second-order valence-corrected chi connectivity index (χ2v) is 9.88. The SMILES string of the molecule is Cc1ccc(-c2cc(-c3ccccc3)nc3sc(C(=O)NCCc4cccc(Cl)c4)c(N)c23)cc1. The molecule has 0 bridgehead atoms. The van der Waals surface area contributed by atoms with Crippen molar-refractivity contribution in [2.75, 3.05) is 12.3 Å². The number of hydrogen-bond acceptors (Lipinski definition) is 4. The molecular formula is C29H24ClN3OS. The van der Waals surface area contributed by atoms with Crippen LogP contribution in [0.25, 0.3) is 32.6 Å². The number of nitrogens with two attached hydrogens (primary N) is 1. The van der Waals surface area contributed by atoms with E-state index in [1.165, 1.54) is 16.9 Å². The van der Waals surface area contributed by atoms with Gasteiger partial charge in [0.2, 0.25) is 0 Å². The van der Waals surface area contributed by atoms with Crippen LogP contribution in [0.4, 0.5) is 5.69 Å². The Morgan fingerprint density at radius 2 is 1.74 bits per heavy atom. The van der Waals surface area contributed by atoms with Crippen LogP contribution in [-0.4, -0.2) is 17.4 Å². The van der Waals surface area contributed by atoms with Gasteiger partial charge in [0.05, 0.1) is 11.4 Å². The molecule has 3 N–H and O–H groups in total. The van der Waals surface area contributed by atoms with Crippen molar-refractivity contribution < 1.29 is 4.79 Å². The van der Waals surface area contributed by atoms with Crippen LogP contribution in [0.2, 0.25) is 5.02 Å². The van der Waals surface area contributed by atoms with Gasteiger partial charge >= 0.3 is 0 Å². The summed E-state index contributed by atoms with van der Waals surface area (Å²) in [7, 11) is 0. The molecule has 0 unspecified atom stereocenters. The number of halogens is 1. The molecule has 0 atom stereocenters. The summed E-state index contributed by atoms with van der Waals surface area (Å²) in [5, 5.41) is 4.51. The number of rotatable bonds is 6. The molecule has 2 aromatic heterocycles. The maximum atomic E-state index is 13.1. The Bertz CT molecular complexity index is 1510. The van der Waals surface area contributed by atoms with E-state index in [2.05, 4.69) is 42.6 Å². The van der Waals surface area contributed by atoms with Crippen molar-refractivity contribution in [1.82, 2.24) is 10.3 Å². The highest BCUT2D eigenvalue weighted by Crippen LogP contribution is 2.41. The minimum absolute atomic E-state index is 0.191. The van der Waals surface area contributed by atoms with E-state index in [1.807, 2.05) is 54.6 Å². The van der Waals surface area contributed by atoms with Gasteiger partial charge in [0.1, 0.15) is 9.71 Å². The molecule has 3 aromatic carbocycles. The fourth-order valence-corrected chi connectivity index (χ4v) is 5.35. The Morgan fingerprint density at radius 3 is 2.49 bits per heavy atom. The Balaban J connectivity index is 1.52. The standard InChI is InChI=1S/C29H24ClN3OS/c1-18-10-12-20(13-11-18)23-17-24(21-7-3-2-4-8-21)33-29-25(23)26(31)27(35-29)28(34)32-15-14-19-6-5-9-22(30)16-19/h2-13,16-17H,14-15,31H2,1H3,(H,32,34). The molecule has 0 saturated carbocycles. The third kappa shape index (κ3) is 4.92. The van der Waals surface area contributed by atoms with Gasteiger partial charge in [0.15, 0.2) is 0 Å². The van der Waals surface area contributed by atoms with Crippen molar-refractivity contribution in [2.45, 2.75) is 13.3 Å². The summed E-state index contributed by atoms with van der Waals surface area (Å²) in [4.78, 5) is 19.2. The number of hydrogen-bond donors (Lipinski definition) is 2. The highest BCUT2D eigenvalue weighted by Gasteiger charge is 2.21. The largest absolute Gasteiger partial charge is 0.397 e. The number of aromatic nitrogens is 1. The summed E-state index contributed by atoms with van der Waals surface area (Å²) >= 11 is 7.40. The zero-order valence-electron chi connectivity index (χ0n) is 19.2. The lowest BCUT2D eigenvalue weighted by Crippen LogP contribution is -2.25. The van der Waals surface area contributed by atoms with Gasteiger partial charge in [-0.05, 0) is 48.2 Å². The first kappa shape index (κ1) is 23.1. The Morgan fingerprint density at radius 1 is 0.971 bits per heavy atom. The minimum Gasteiger partial charge on any atom is -0.397 e. The summed E-state index contributed by atoms with van der Waals surface area (Å²) in [5.41, 5.74) is 13.2. The zero-order valence-corrected chi connectivity index (χ0v) is 20.8. The van der Waals surface area contributed by atoms with Crippen molar-refractivity contribution in [3.63, 3.8) is 0 Å². The fraction of sp³-hybridized carbons (Fsp3) is 0.103. The number of benzene rings is 3. The van der Waals surface area contributed by atoms with Gasteiger partial charge in [-0.2, -0.15) is 0 Å². The molecular weight excluding hydrogens is 474 g/mol. The topological polar surface area (TPSA) is 68.0 Å². The summed E-state index contributed by atoms with van der Waals surface area (Å²) in [6, 6.07) is 28.1. The molecule has 35 heavy (non-hydrogen) atoms. The van der Waals surface area contributed by atoms with Crippen LogP contribution < -0.4 is 11.1 Å². The number of carbonyl (C=O) groups is 1. The molecule has 5 rings (SSSR count). The molecule has 6 heteroatoms. The van der Waals surface area contributed by atoms with Crippen molar-refractivity contribution in [3.05, 3.63) is 106 Å². The van der Waals surface area contributed by atoms with Crippen molar-refractivity contribution in [3.8, 4) is 22.4 Å². The fourth-order valence-electron chi connectivity index (χ4n) is 4.10. The third-order valence-electron chi connectivity index (χ3n) is 5.93. The number of thiophene rings is 1. The molecule has 0 aliphatic rings. The van der Waals surface area contributed by atoms with Crippen molar-refractivity contribution >= 4 is 44.7 Å². The maximum absolute atomic E-state index is 13.1. The summed E-state index contributed by atoms with van der Waals surface area (Å²) in [5.74, 6) is -0.191. The lowest BCUT2D eigenvalue weighted by molar-refractivity contribution is 0.0959. The second-order valence-electron chi connectivity index (χ2n) is 8.45. The van der Waals surface area contributed by atoms with Gasteiger partial charge in [-0.1, -0.05) is 83.9 Å². The first-order chi connectivity index (χ1) is 17.0. The third-order valence-corrected chi connectivity index (χ3v) is 7.26. The van der Waals surface area contributed by atoms with Crippen LogP contribution in [0.1, 0.15) is 20.8 Å². The number of anilines is 1. The lowest BCUT2D eigenvalue weighted by Gasteiger charge is -2.09. The molecule has 0 radical (unpaired) electrons. The number of carbonyl (C=O) groups excluding carboxylic acids is 1. The maximum Gasteiger partial charge on any atom is 0.263 e. The van der Waals surface area contributed by atoms with Crippen LogP contribution in [-0.2, 0) is 6.42 Å². The van der Waals surface area contributed by atoms with Gasteiger partial charge in [-0.3, -0.25) is 4.79 Å². The number of nitrogens with zero attached hydrogens (tertiary/aromatic N) is 1. The van der Waals surface area contributed by atoms with E-state index >= 15 is 0 Å². The summed E-state index contributed by atoms with van der Waals surface area (Å²) < 4.78 is 0. The van der Waals surface area contributed by atoms with E-state index in [-0.39, 0.29) is 5.91 Å². The van der Waals surface area contributed by atoms with Crippen molar-refractivity contribution in [2.24, 2.45) is 0 Å². The highest BCUT2D eigenvalue weighted by atomic mass is 35.5. The van der Waals surface area contributed by atoms with E-state index in [1.54, 1.807) is 0 Å². The van der Waals surface area contributed by atoms with E-state index in [9.17, 15) is 4.79 Å². The molecule has 0 fully saturated rings. The van der Waals surface area contributed by atoms with Gasteiger partial charge in [0, 0.05) is 22.5 Å².